The number of nitrogens with zero attached hydrogens (tertiary/aromatic N) is 2. The summed E-state index contributed by atoms with van der Waals surface area (Å²) in [6, 6.07) is 26.9. The van der Waals surface area contributed by atoms with E-state index in [0.717, 1.165) is 41.8 Å². The standard InChI is InChI=1S/C31H36N4O/c1-23-6-5-19-35(23,30-15-17-32-21-30)29-14-11-27-22-34(18-16-26(27)20-29)31(36)33-28-12-9-25(10-13-28)24-7-3-2-4-8-24/h2-4,7-14,20,23,30,32H,5-6,15-19,21-22H2,1H3/p+1/t23-,30-,35?/m0/s1. The van der Waals surface area contributed by atoms with Crippen LogP contribution in [0.1, 0.15) is 37.3 Å². The minimum absolute atomic E-state index is 0.0223. The molecule has 5 heteroatoms. The second-order valence-corrected chi connectivity index (χ2v) is 10.8. The monoisotopic (exact) mass is 481 g/mol. The van der Waals surface area contributed by atoms with Crippen LogP contribution in [0.3, 0.4) is 0 Å². The highest BCUT2D eigenvalue weighted by Gasteiger charge is 2.48. The quantitative estimate of drug-likeness (QED) is 0.463. The van der Waals surface area contributed by atoms with Crippen LogP contribution in [0.4, 0.5) is 16.2 Å². The summed E-state index contributed by atoms with van der Waals surface area (Å²) in [6.07, 6.45) is 4.81. The number of quaternary nitrogens is 1. The number of likely N-dealkylation sites (tertiary alicyclic amines) is 1. The van der Waals surface area contributed by atoms with Gasteiger partial charge in [-0.2, -0.15) is 0 Å². The summed E-state index contributed by atoms with van der Waals surface area (Å²) >= 11 is 0. The Morgan fingerprint density at radius 1 is 0.972 bits per heavy atom. The maximum Gasteiger partial charge on any atom is 0.322 e. The lowest BCUT2D eigenvalue weighted by atomic mass is 9.96. The van der Waals surface area contributed by atoms with Gasteiger partial charge in [-0.1, -0.05) is 48.5 Å². The van der Waals surface area contributed by atoms with Crippen LogP contribution >= 0.6 is 0 Å². The number of carbonyl (C=O) groups excluding carboxylic acids is 1. The summed E-state index contributed by atoms with van der Waals surface area (Å²) in [5.41, 5.74) is 7.36. The maximum atomic E-state index is 13.1. The van der Waals surface area contributed by atoms with Gasteiger partial charge >= 0.3 is 6.03 Å². The molecule has 2 amide bonds. The van der Waals surface area contributed by atoms with Crippen molar-refractivity contribution in [3.63, 3.8) is 0 Å². The molecule has 2 fully saturated rings. The summed E-state index contributed by atoms with van der Waals surface area (Å²) in [7, 11) is 0. The van der Waals surface area contributed by atoms with E-state index in [4.69, 9.17) is 0 Å². The number of benzene rings is 3. The fourth-order valence-electron chi connectivity index (χ4n) is 6.82. The van der Waals surface area contributed by atoms with Crippen LogP contribution in [0.25, 0.3) is 11.1 Å². The van der Waals surface area contributed by atoms with Crippen LogP contribution in [0.15, 0.2) is 72.8 Å². The van der Waals surface area contributed by atoms with E-state index in [1.807, 2.05) is 35.2 Å². The largest absolute Gasteiger partial charge is 0.322 e. The molecule has 5 nitrogen and oxygen atoms in total. The van der Waals surface area contributed by atoms with Crippen molar-refractivity contribution in [2.24, 2.45) is 0 Å². The van der Waals surface area contributed by atoms with Crippen molar-refractivity contribution in [3.05, 3.63) is 83.9 Å². The fourth-order valence-corrected chi connectivity index (χ4v) is 6.82. The number of carbonyl (C=O) groups is 1. The first-order valence-electron chi connectivity index (χ1n) is 13.6. The van der Waals surface area contributed by atoms with E-state index < -0.39 is 0 Å². The number of urea groups is 1. The zero-order valence-electron chi connectivity index (χ0n) is 21.2. The number of rotatable bonds is 4. The Morgan fingerprint density at radius 3 is 2.50 bits per heavy atom. The molecule has 3 aliphatic heterocycles. The first-order chi connectivity index (χ1) is 17.6. The first-order valence-corrected chi connectivity index (χ1v) is 13.6. The van der Waals surface area contributed by atoms with Crippen LogP contribution in [0.5, 0.6) is 0 Å². The third-order valence-corrected chi connectivity index (χ3v) is 8.84. The Morgan fingerprint density at radius 2 is 1.78 bits per heavy atom. The van der Waals surface area contributed by atoms with Gasteiger partial charge in [-0.25, -0.2) is 4.79 Å². The van der Waals surface area contributed by atoms with E-state index in [1.165, 1.54) is 48.2 Å². The summed E-state index contributed by atoms with van der Waals surface area (Å²) in [5, 5.41) is 6.71. The van der Waals surface area contributed by atoms with E-state index in [1.54, 1.807) is 0 Å². The van der Waals surface area contributed by atoms with Gasteiger partial charge in [-0.15, -0.1) is 0 Å². The molecule has 3 atom stereocenters. The van der Waals surface area contributed by atoms with E-state index in [0.29, 0.717) is 18.6 Å². The SMILES string of the molecule is C[C@H]1CCC[N+]1(c1ccc2c(c1)CCN(C(=O)Nc1ccc(-c3ccccc3)cc1)C2)[C@H]1CCNC1. The van der Waals surface area contributed by atoms with Gasteiger partial charge in [0.2, 0.25) is 0 Å². The van der Waals surface area contributed by atoms with Crippen LogP contribution in [-0.4, -0.2) is 49.2 Å². The van der Waals surface area contributed by atoms with Crippen molar-refractivity contribution in [2.75, 3.05) is 31.5 Å². The molecule has 0 aromatic heterocycles. The zero-order chi connectivity index (χ0) is 24.5. The number of nitrogens with one attached hydrogen (secondary N) is 2. The molecule has 0 saturated carbocycles. The van der Waals surface area contributed by atoms with E-state index in [2.05, 4.69) is 60.0 Å². The van der Waals surface area contributed by atoms with Gasteiger partial charge < -0.3 is 15.5 Å². The average Bonchev–Trinajstić information content (AvgIpc) is 3.60. The Hall–Kier alpha value is -3.15. The molecular formula is C31H37N4O+. The molecule has 3 aromatic carbocycles. The van der Waals surface area contributed by atoms with Crippen molar-refractivity contribution >= 4 is 17.4 Å². The van der Waals surface area contributed by atoms with E-state index >= 15 is 0 Å². The Labute approximate surface area is 214 Å². The maximum absolute atomic E-state index is 13.1. The molecule has 186 valence electrons. The molecule has 0 radical (unpaired) electrons. The van der Waals surface area contributed by atoms with Crippen LogP contribution < -0.4 is 15.1 Å². The highest BCUT2D eigenvalue weighted by atomic mass is 16.2. The second kappa shape index (κ2) is 9.72. The lowest BCUT2D eigenvalue weighted by Crippen LogP contribution is -2.59. The summed E-state index contributed by atoms with van der Waals surface area (Å²) < 4.78 is 1.14. The fraction of sp³-hybridized carbons (Fsp3) is 0.387. The van der Waals surface area contributed by atoms with Gasteiger partial charge in [0.1, 0.15) is 11.7 Å². The zero-order valence-corrected chi connectivity index (χ0v) is 21.2. The average molecular weight is 482 g/mol. The normalized spacial score (nSPS) is 25.5. The topological polar surface area (TPSA) is 44.4 Å². The predicted molar refractivity (Wildman–Crippen MR) is 148 cm³/mol. The van der Waals surface area contributed by atoms with Gasteiger partial charge in [0.25, 0.3) is 0 Å². The molecule has 1 unspecified atom stereocenters. The number of fused-ring (bicyclic) bond motifs is 1. The van der Waals surface area contributed by atoms with Gasteiger partial charge in [-0.3, -0.25) is 4.48 Å². The minimum Gasteiger partial charge on any atom is -0.320 e. The van der Waals surface area contributed by atoms with Crippen molar-refractivity contribution in [1.82, 2.24) is 14.7 Å². The Balaban J connectivity index is 1.15. The molecule has 0 aliphatic carbocycles. The number of hydrogen-bond donors (Lipinski definition) is 2. The molecule has 3 aliphatic rings. The van der Waals surface area contributed by atoms with Gasteiger partial charge in [0, 0.05) is 57.2 Å². The highest BCUT2D eigenvalue weighted by molar-refractivity contribution is 5.89. The predicted octanol–water partition coefficient (Wildman–Crippen LogP) is 5.80. The van der Waals surface area contributed by atoms with Crippen LogP contribution in [-0.2, 0) is 13.0 Å². The third-order valence-electron chi connectivity index (χ3n) is 8.84. The Bertz CT molecular complexity index is 1220. The molecule has 36 heavy (non-hydrogen) atoms. The van der Waals surface area contributed by atoms with E-state index in [9.17, 15) is 4.79 Å². The smallest absolute Gasteiger partial charge is 0.320 e. The van der Waals surface area contributed by atoms with Crippen molar-refractivity contribution in [1.29, 1.82) is 0 Å². The van der Waals surface area contributed by atoms with Crippen LogP contribution in [0.2, 0.25) is 0 Å². The van der Waals surface area contributed by atoms with E-state index in [-0.39, 0.29) is 6.03 Å². The number of anilines is 1. The molecule has 6 rings (SSSR count). The lowest BCUT2D eigenvalue weighted by Gasteiger charge is -2.44. The van der Waals surface area contributed by atoms with Gasteiger partial charge in [0.15, 0.2) is 0 Å². The molecule has 2 N–H and O–H groups in total. The molecule has 3 heterocycles. The molecule has 0 spiro atoms. The van der Waals surface area contributed by atoms with Crippen molar-refractivity contribution in [2.45, 2.75) is 51.2 Å². The molecule has 2 saturated heterocycles. The van der Waals surface area contributed by atoms with Crippen molar-refractivity contribution in [3.8, 4) is 11.1 Å². The number of hydrogen-bond acceptors (Lipinski definition) is 2. The lowest BCUT2D eigenvalue weighted by molar-refractivity contribution is 0.201. The summed E-state index contributed by atoms with van der Waals surface area (Å²) in [5.74, 6) is 0. The van der Waals surface area contributed by atoms with Crippen molar-refractivity contribution < 1.29 is 4.79 Å². The minimum atomic E-state index is -0.0223. The first kappa shape index (κ1) is 23.3. The summed E-state index contributed by atoms with van der Waals surface area (Å²) in [4.78, 5) is 15.0. The molecular weight excluding hydrogens is 444 g/mol. The van der Waals surface area contributed by atoms with Gasteiger partial charge in [-0.05, 0) is 53.8 Å². The Kier molecular flexibility index (Phi) is 6.28. The molecule has 3 aromatic rings. The summed E-state index contributed by atoms with van der Waals surface area (Å²) in [6.45, 7) is 7.39. The number of amides is 2. The molecule has 0 bridgehead atoms. The second-order valence-electron chi connectivity index (χ2n) is 10.8. The third kappa shape index (κ3) is 4.21. The van der Waals surface area contributed by atoms with Gasteiger partial charge in [0.05, 0.1) is 12.6 Å². The highest BCUT2D eigenvalue weighted by Crippen LogP contribution is 2.40. The van der Waals surface area contributed by atoms with Crippen LogP contribution in [0, 0.1) is 0 Å².